The third-order valence-corrected chi connectivity index (χ3v) is 7.09. The first-order valence-electron chi connectivity index (χ1n) is 9.69. The van der Waals surface area contributed by atoms with E-state index in [1.165, 1.54) is 25.7 Å². The number of rotatable bonds is 7. The van der Waals surface area contributed by atoms with Crippen LogP contribution in [0.5, 0.6) is 0 Å². The molecular weight excluding hydrogens is 346 g/mol. The van der Waals surface area contributed by atoms with E-state index in [0.29, 0.717) is 24.1 Å². The van der Waals surface area contributed by atoms with E-state index in [9.17, 15) is 9.90 Å². The van der Waals surface area contributed by atoms with Crippen LogP contribution in [0, 0.1) is 11.8 Å². The maximum Gasteiger partial charge on any atom is 0.234 e. The molecule has 3 rings (SSSR count). The molecule has 1 aliphatic carbocycles. The summed E-state index contributed by atoms with van der Waals surface area (Å²) in [6.07, 6.45) is 5.13. The Kier molecular flexibility index (Phi) is 6.98. The van der Waals surface area contributed by atoms with Crippen LogP contribution in [0.3, 0.4) is 0 Å². The molecule has 1 aromatic rings. The van der Waals surface area contributed by atoms with E-state index >= 15 is 0 Å². The molecule has 0 aromatic heterocycles. The number of nitrogens with zero attached hydrogens (tertiary/aromatic N) is 1. The molecule has 1 aromatic carbocycles. The summed E-state index contributed by atoms with van der Waals surface area (Å²) >= 11 is 1.65. The van der Waals surface area contributed by atoms with Crippen LogP contribution < -0.4 is 11.5 Å². The number of fused-ring (bicyclic) bond motifs is 1. The normalized spacial score (nSPS) is 28.9. The molecule has 1 aliphatic heterocycles. The first kappa shape index (κ1) is 19.7. The number of thioether (sulfide) groups is 1. The molecule has 0 unspecified atom stereocenters. The number of β-amino-alcohol motifs (C(OH)–C–C–N with tert-alkyl or cyclic N) is 1. The molecule has 5 nitrogen and oxygen atoms in total. The highest BCUT2D eigenvalue weighted by molar-refractivity contribution is 7.99. The van der Waals surface area contributed by atoms with Crippen LogP contribution in [0.25, 0.3) is 0 Å². The van der Waals surface area contributed by atoms with E-state index in [4.69, 9.17) is 11.5 Å². The Labute approximate surface area is 160 Å². The predicted octanol–water partition coefficient (Wildman–Crippen LogP) is 1.83. The Hall–Kier alpha value is -1.08. The monoisotopic (exact) mass is 377 g/mol. The second-order valence-electron chi connectivity index (χ2n) is 7.77. The highest BCUT2D eigenvalue weighted by Crippen LogP contribution is 2.38. The Morgan fingerprint density at radius 2 is 1.92 bits per heavy atom. The quantitative estimate of drug-likeness (QED) is 0.631. The Bertz CT molecular complexity index is 586. The molecule has 5 atom stereocenters. The molecular formula is C20H31N3O2S. The summed E-state index contributed by atoms with van der Waals surface area (Å²) in [5.74, 6) is 1.61. The number of likely N-dealkylation sites (tertiary alicyclic amines) is 1. The lowest BCUT2D eigenvalue weighted by molar-refractivity contribution is -0.127. The average molecular weight is 378 g/mol. The van der Waals surface area contributed by atoms with Crippen molar-refractivity contribution in [3.05, 3.63) is 30.3 Å². The fraction of sp³-hybridized carbons (Fsp3) is 0.650. The number of carbonyl (C=O) groups is 1. The standard InChI is InChI=1S/C20H31N3O2S/c21-17(13-26-16-8-2-1-3-9-16)19(24)12-23-11-15-7-5-4-6-14(15)10-18(23)20(22)25/h1-3,8-9,14-15,17-19,24H,4-7,10-13,21H2,(H2,22,25)/t14-,15-,17-,18+,19-/m1/s1. The molecule has 0 radical (unpaired) electrons. The minimum atomic E-state index is -0.659. The Balaban J connectivity index is 1.55. The van der Waals surface area contributed by atoms with Gasteiger partial charge < -0.3 is 16.6 Å². The molecule has 1 amide bonds. The number of carbonyl (C=O) groups excluding carboxylic acids is 1. The second-order valence-corrected chi connectivity index (χ2v) is 8.86. The minimum absolute atomic E-state index is 0.266. The highest BCUT2D eigenvalue weighted by Gasteiger charge is 2.39. The smallest absolute Gasteiger partial charge is 0.234 e. The number of piperidine rings is 1. The van der Waals surface area contributed by atoms with Gasteiger partial charge in [0.15, 0.2) is 0 Å². The lowest BCUT2D eigenvalue weighted by Gasteiger charge is -2.45. The van der Waals surface area contributed by atoms with Gasteiger partial charge in [0.2, 0.25) is 5.91 Å². The molecule has 26 heavy (non-hydrogen) atoms. The third-order valence-electron chi connectivity index (χ3n) is 5.93. The van der Waals surface area contributed by atoms with E-state index in [1.54, 1.807) is 11.8 Å². The molecule has 1 saturated carbocycles. The van der Waals surface area contributed by atoms with Gasteiger partial charge in [-0.1, -0.05) is 37.5 Å². The zero-order valence-electron chi connectivity index (χ0n) is 15.3. The highest BCUT2D eigenvalue weighted by atomic mass is 32.2. The van der Waals surface area contributed by atoms with Gasteiger partial charge in [0.25, 0.3) is 0 Å². The molecule has 2 fully saturated rings. The lowest BCUT2D eigenvalue weighted by Crippen LogP contribution is -2.57. The van der Waals surface area contributed by atoms with Gasteiger partial charge in [-0.15, -0.1) is 11.8 Å². The molecule has 0 spiro atoms. The number of aliphatic hydroxyl groups is 1. The summed E-state index contributed by atoms with van der Waals surface area (Å²) in [6.45, 7) is 1.28. The number of amides is 1. The number of hydrogen-bond acceptors (Lipinski definition) is 5. The average Bonchev–Trinajstić information content (AvgIpc) is 2.66. The summed E-state index contributed by atoms with van der Waals surface area (Å²) in [5.41, 5.74) is 11.9. The van der Waals surface area contributed by atoms with Gasteiger partial charge in [-0.25, -0.2) is 0 Å². The molecule has 144 valence electrons. The van der Waals surface area contributed by atoms with Crippen molar-refractivity contribution in [1.82, 2.24) is 4.90 Å². The van der Waals surface area contributed by atoms with Crippen LogP contribution in [0.2, 0.25) is 0 Å². The topological polar surface area (TPSA) is 92.6 Å². The van der Waals surface area contributed by atoms with Crippen molar-refractivity contribution in [2.45, 2.75) is 55.2 Å². The van der Waals surface area contributed by atoms with Crippen molar-refractivity contribution >= 4 is 17.7 Å². The summed E-state index contributed by atoms with van der Waals surface area (Å²) in [4.78, 5) is 15.2. The summed E-state index contributed by atoms with van der Waals surface area (Å²) in [5, 5.41) is 10.6. The van der Waals surface area contributed by atoms with E-state index in [-0.39, 0.29) is 18.0 Å². The SMILES string of the molecule is NC(=O)[C@@H]1C[C@H]2CCCC[C@@H]2CN1C[C@@H](O)[C@H](N)CSc1ccccc1. The largest absolute Gasteiger partial charge is 0.390 e. The number of primary amides is 1. The van der Waals surface area contributed by atoms with Crippen LogP contribution in [0.4, 0.5) is 0 Å². The molecule has 5 N–H and O–H groups in total. The zero-order chi connectivity index (χ0) is 18.5. The fourth-order valence-corrected chi connectivity index (χ4v) is 5.35. The van der Waals surface area contributed by atoms with E-state index < -0.39 is 6.10 Å². The minimum Gasteiger partial charge on any atom is -0.390 e. The van der Waals surface area contributed by atoms with E-state index in [0.717, 1.165) is 17.9 Å². The Morgan fingerprint density at radius 1 is 1.23 bits per heavy atom. The van der Waals surface area contributed by atoms with E-state index in [1.807, 2.05) is 30.3 Å². The van der Waals surface area contributed by atoms with Crippen molar-refractivity contribution in [3.63, 3.8) is 0 Å². The van der Waals surface area contributed by atoms with Gasteiger partial charge in [0.1, 0.15) is 0 Å². The van der Waals surface area contributed by atoms with Gasteiger partial charge in [-0.05, 0) is 36.8 Å². The van der Waals surface area contributed by atoms with Crippen molar-refractivity contribution < 1.29 is 9.90 Å². The molecule has 1 saturated heterocycles. The second kappa shape index (κ2) is 9.22. The Morgan fingerprint density at radius 3 is 2.62 bits per heavy atom. The summed E-state index contributed by atoms with van der Waals surface area (Å²) in [7, 11) is 0. The van der Waals surface area contributed by atoms with Crippen molar-refractivity contribution in [2.75, 3.05) is 18.8 Å². The van der Waals surface area contributed by atoms with Crippen LogP contribution in [0.1, 0.15) is 32.1 Å². The molecule has 6 heteroatoms. The van der Waals surface area contributed by atoms with E-state index in [2.05, 4.69) is 4.90 Å². The van der Waals surface area contributed by atoms with Crippen LogP contribution in [-0.4, -0.2) is 52.9 Å². The first-order valence-corrected chi connectivity index (χ1v) is 10.7. The van der Waals surface area contributed by atoms with Gasteiger partial charge >= 0.3 is 0 Å². The number of hydrogen-bond donors (Lipinski definition) is 3. The number of aliphatic hydroxyl groups excluding tert-OH is 1. The number of nitrogens with two attached hydrogens (primary N) is 2. The molecule has 2 aliphatic rings. The third kappa shape index (κ3) is 5.00. The maximum atomic E-state index is 12.0. The number of benzene rings is 1. The first-order chi connectivity index (χ1) is 12.5. The van der Waals surface area contributed by atoms with Gasteiger partial charge in [0.05, 0.1) is 12.1 Å². The molecule has 0 bridgehead atoms. The summed E-state index contributed by atoms with van der Waals surface area (Å²) < 4.78 is 0. The lowest BCUT2D eigenvalue weighted by atomic mass is 9.72. The van der Waals surface area contributed by atoms with Crippen molar-refractivity contribution in [1.29, 1.82) is 0 Å². The van der Waals surface area contributed by atoms with Gasteiger partial charge in [-0.3, -0.25) is 9.69 Å². The van der Waals surface area contributed by atoms with Crippen LogP contribution >= 0.6 is 11.8 Å². The zero-order valence-corrected chi connectivity index (χ0v) is 16.1. The van der Waals surface area contributed by atoms with Crippen molar-refractivity contribution in [2.24, 2.45) is 23.3 Å². The summed E-state index contributed by atoms with van der Waals surface area (Å²) in [6, 6.07) is 9.46. The maximum absolute atomic E-state index is 12.0. The van der Waals surface area contributed by atoms with Crippen LogP contribution in [0.15, 0.2) is 35.2 Å². The van der Waals surface area contributed by atoms with Gasteiger partial charge in [0, 0.05) is 29.8 Å². The van der Waals surface area contributed by atoms with Crippen molar-refractivity contribution in [3.8, 4) is 0 Å². The fourth-order valence-electron chi connectivity index (χ4n) is 4.39. The molecule has 1 heterocycles. The van der Waals surface area contributed by atoms with Crippen LogP contribution in [-0.2, 0) is 4.79 Å². The predicted molar refractivity (Wildman–Crippen MR) is 106 cm³/mol. The van der Waals surface area contributed by atoms with Gasteiger partial charge in [-0.2, -0.15) is 0 Å².